The van der Waals surface area contributed by atoms with Crippen molar-refractivity contribution >= 4 is 8.60 Å². The summed E-state index contributed by atoms with van der Waals surface area (Å²) in [4.78, 5) is 0. The van der Waals surface area contributed by atoms with Crippen LogP contribution in [0.5, 0.6) is 11.5 Å². The topological polar surface area (TPSA) is 27.7 Å². The fourth-order valence-corrected chi connectivity index (χ4v) is 5.34. The molecule has 2 aromatic carbocycles. The molecule has 0 saturated heterocycles. The van der Waals surface area contributed by atoms with E-state index in [0.29, 0.717) is 12.5 Å². The minimum absolute atomic E-state index is 0.399. The second-order valence-corrected chi connectivity index (χ2v) is 9.94. The molecule has 0 N–H and O–H groups in total. The van der Waals surface area contributed by atoms with Gasteiger partial charge in [0.05, 0.1) is 6.61 Å². The normalized spacial score (nSPS) is 17.4. The third-order valence-electron chi connectivity index (χ3n) is 6.28. The van der Waals surface area contributed by atoms with Gasteiger partial charge in [0.2, 0.25) is 0 Å². The van der Waals surface area contributed by atoms with Crippen molar-refractivity contribution in [1.29, 1.82) is 0 Å². The van der Waals surface area contributed by atoms with Crippen molar-refractivity contribution in [2.45, 2.75) is 96.8 Å². The highest BCUT2D eigenvalue weighted by Gasteiger charge is 2.20. The van der Waals surface area contributed by atoms with Crippen LogP contribution in [-0.4, -0.2) is 6.61 Å². The fourth-order valence-electron chi connectivity index (χ4n) is 4.33. The van der Waals surface area contributed by atoms with Gasteiger partial charge < -0.3 is 9.05 Å². The summed E-state index contributed by atoms with van der Waals surface area (Å²) in [6.45, 7) is 5.18. The molecular formula is C28H41O3P. The zero-order valence-electron chi connectivity index (χ0n) is 20.1. The van der Waals surface area contributed by atoms with Crippen molar-refractivity contribution in [3.05, 3.63) is 59.7 Å². The lowest BCUT2D eigenvalue weighted by Crippen LogP contribution is -2.04. The van der Waals surface area contributed by atoms with Crippen LogP contribution in [0.1, 0.15) is 108 Å². The van der Waals surface area contributed by atoms with E-state index in [1.54, 1.807) is 0 Å². The second-order valence-electron chi connectivity index (χ2n) is 8.87. The molecule has 0 spiro atoms. The van der Waals surface area contributed by atoms with Gasteiger partial charge >= 0.3 is 8.60 Å². The first-order valence-electron chi connectivity index (χ1n) is 12.8. The van der Waals surface area contributed by atoms with Crippen LogP contribution in [0.4, 0.5) is 0 Å². The number of unbranched alkanes of at least 4 members (excludes halogenated alkanes) is 10. The zero-order valence-corrected chi connectivity index (χ0v) is 21.0. The third-order valence-corrected chi connectivity index (χ3v) is 7.39. The van der Waals surface area contributed by atoms with Crippen molar-refractivity contribution in [3.63, 3.8) is 0 Å². The predicted molar refractivity (Wildman–Crippen MR) is 136 cm³/mol. The summed E-state index contributed by atoms with van der Waals surface area (Å²) in [5.74, 6) is 2.02. The summed E-state index contributed by atoms with van der Waals surface area (Å²) in [7, 11) is -1.46. The molecule has 176 valence electrons. The average Bonchev–Trinajstić information content (AvgIpc) is 2.81. The van der Waals surface area contributed by atoms with Gasteiger partial charge in [-0.25, -0.2) is 0 Å². The Morgan fingerprint density at radius 2 is 1.06 bits per heavy atom. The molecule has 4 bridgehead atoms. The maximum absolute atomic E-state index is 6.08. The summed E-state index contributed by atoms with van der Waals surface area (Å²) in [5, 5.41) is 0. The van der Waals surface area contributed by atoms with Gasteiger partial charge in [-0.2, -0.15) is 0 Å². The van der Waals surface area contributed by atoms with E-state index in [1.807, 2.05) is 24.3 Å². The third kappa shape index (κ3) is 8.41. The number of rotatable bonds is 14. The van der Waals surface area contributed by atoms with Crippen molar-refractivity contribution < 1.29 is 13.6 Å². The Kier molecular flexibility index (Phi) is 11.4. The Balaban J connectivity index is 1.39. The first-order valence-corrected chi connectivity index (χ1v) is 13.9. The molecule has 3 nitrogen and oxygen atoms in total. The van der Waals surface area contributed by atoms with Gasteiger partial charge in [0, 0.05) is 5.92 Å². The van der Waals surface area contributed by atoms with Crippen LogP contribution in [0.2, 0.25) is 0 Å². The van der Waals surface area contributed by atoms with Crippen molar-refractivity contribution in [1.82, 2.24) is 0 Å². The Morgan fingerprint density at radius 3 is 1.50 bits per heavy atom. The molecule has 0 aromatic heterocycles. The largest absolute Gasteiger partial charge is 0.463 e. The van der Waals surface area contributed by atoms with E-state index in [2.05, 4.69) is 38.1 Å². The van der Waals surface area contributed by atoms with E-state index in [-0.39, 0.29) is 0 Å². The van der Waals surface area contributed by atoms with E-state index in [9.17, 15) is 0 Å². The smallest absolute Gasteiger partial charge is 0.418 e. The van der Waals surface area contributed by atoms with E-state index in [1.165, 1.54) is 75.3 Å². The van der Waals surface area contributed by atoms with Crippen LogP contribution in [0.3, 0.4) is 0 Å². The lowest BCUT2D eigenvalue weighted by atomic mass is 9.89. The number of benzene rings is 2. The molecule has 4 heteroatoms. The van der Waals surface area contributed by atoms with Crippen LogP contribution in [0.25, 0.3) is 0 Å². The number of hydrogen-bond acceptors (Lipinski definition) is 3. The van der Waals surface area contributed by atoms with Gasteiger partial charge in [0.15, 0.2) is 0 Å². The second kappa shape index (κ2) is 14.6. The molecule has 0 aliphatic carbocycles. The fraction of sp³-hybridized carbons (Fsp3) is 0.571. The summed E-state index contributed by atoms with van der Waals surface area (Å²) in [6, 6.07) is 16.8. The molecule has 0 fully saturated rings. The van der Waals surface area contributed by atoms with Crippen molar-refractivity contribution in [2.75, 3.05) is 6.61 Å². The summed E-state index contributed by atoms with van der Waals surface area (Å²) in [6.07, 6.45) is 15.7. The Labute approximate surface area is 196 Å². The minimum atomic E-state index is -1.46. The maximum Gasteiger partial charge on any atom is 0.463 e. The zero-order chi connectivity index (χ0) is 22.4. The molecule has 4 aliphatic rings. The van der Waals surface area contributed by atoms with Crippen molar-refractivity contribution in [2.24, 2.45) is 0 Å². The molecule has 32 heavy (non-hydrogen) atoms. The molecule has 6 rings (SSSR count). The highest BCUT2D eigenvalue weighted by Crippen LogP contribution is 2.43. The van der Waals surface area contributed by atoms with Crippen LogP contribution in [0.15, 0.2) is 48.5 Å². The molecule has 0 unspecified atom stereocenters. The summed E-state index contributed by atoms with van der Waals surface area (Å²) >= 11 is 0. The minimum Gasteiger partial charge on any atom is -0.418 e. The summed E-state index contributed by atoms with van der Waals surface area (Å²) < 4.78 is 18.2. The Bertz CT molecular complexity index is 695. The molecular weight excluding hydrogens is 415 g/mol. The Morgan fingerprint density at radius 1 is 0.625 bits per heavy atom. The van der Waals surface area contributed by atoms with Crippen LogP contribution >= 0.6 is 8.60 Å². The molecule has 0 atom stereocenters. The first-order chi connectivity index (χ1) is 15.8. The molecule has 0 amide bonds. The monoisotopic (exact) mass is 456 g/mol. The highest BCUT2D eigenvalue weighted by molar-refractivity contribution is 7.42. The lowest BCUT2D eigenvalue weighted by molar-refractivity contribution is 0.258. The van der Waals surface area contributed by atoms with Gasteiger partial charge in [-0.3, -0.25) is 4.52 Å². The highest BCUT2D eigenvalue weighted by atomic mass is 31.2. The standard InChI is InChI=1S/C28H41O3P/c1-3-5-6-7-8-9-10-11-12-13-14-23-29-32-30-26-19-15-24(16-20-26)28(4-2)25-17-21-27(31-32)22-18-25/h15-22,28H,3-14,23H2,1-2H3. The van der Waals surface area contributed by atoms with Gasteiger partial charge in [0.25, 0.3) is 0 Å². The first kappa shape index (κ1) is 25.1. The average molecular weight is 457 g/mol. The van der Waals surface area contributed by atoms with Crippen LogP contribution in [0, 0.1) is 0 Å². The van der Waals surface area contributed by atoms with E-state index >= 15 is 0 Å². The maximum atomic E-state index is 6.08. The van der Waals surface area contributed by atoms with Crippen LogP contribution < -0.4 is 9.05 Å². The Hall–Kier alpha value is -1.57. The lowest BCUT2D eigenvalue weighted by Gasteiger charge is -2.21. The molecule has 0 saturated carbocycles. The number of hydrogen-bond donors (Lipinski definition) is 0. The molecule has 0 radical (unpaired) electrons. The SMILES string of the molecule is CCCCCCCCCCCCCOP1Oc2ccc(cc2)C(CC)c2ccc(cc2)O1. The summed E-state index contributed by atoms with van der Waals surface area (Å²) in [5.41, 5.74) is 2.64. The molecule has 4 aliphatic heterocycles. The van der Waals surface area contributed by atoms with Gasteiger partial charge in [-0.05, 0) is 48.2 Å². The molecule has 4 heterocycles. The van der Waals surface area contributed by atoms with Gasteiger partial charge in [-0.1, -0.05) is 102 Å². The van der Waals surface area contributed by atoms with Gasteiger partial charge in [-0.15, -0.1) is 0 Å². The van der Waals surface area contributed by atoms with Crippen molar-refractivity contribution in [3.8, 4) is 11.5 Å². The predicted octanol–water partition coefficient (Wildman–Crippen LogP) is 9.55. The molecule has 2 aromatic rings. The van der Waals surface area contributed by atoms with E-state index in [4.69, 9.17) is 13.6 Å². The quantitative estimate of drug-likeness (QED) is 0.209. The van der Waals surface area contributed by atoms with Gasteiger partial charge in [0.1, 0.15) is 11.5 Å². The van der Waals surface area contributed by atoms with E-state index < -0.39 is 8.60 Å². The van der Waals surface area contributed by atoms with E-state index in [0.717, 1.165) is 24.3 Å². The van der Waals surface area contributed by atoms with Crippen LogP contribution in [-0.2, 0) is 4.52 Å².